The summed E-state index contributed by atoms with van der Waals surface area (Å²) < 4.78 is 6.94. The van der Waals surface area contributed by atoms with Crippen molar-refractivity contribution in [3.8, 4) is 11.3 Å². The molecule has 4 rings (SSSR count). The van der Waals surface area contributed by atoms with Crippen molar-refractivity contribution in [3.05, 3.63) is 47.5 Å². The average Bonchev–Trinajstić information content (AvgIpc) is 3.20. The maximum atomic E-state index is 12.7. The number of aryl methyl sites for hydroxylation is 3. The predicted molar refractivity (Wildman–Crippen MR) is 107 cm³/mol. The zero-order valence-electron chi connectivity index (χ0n) is 17.1. The molecule has 0 N–H and O–H groups in total. The van der Waals surface area contributed by atoms with E-state index in [2.05, 4.69) is 20.2 Å². The first-order valence-corrected chi connectivity index (χ1v) is 10.0. The fourth-order valence-electron chi connectivity index (χ4n) is 4.05. The number of carbonyl (C=O) groups excluding carboxylic acids is 1. The Morgan fingerprint density at radius 1 is 1.24 bits per heavy atom. The lowest BCUT2D eigenvalue weighted by atomic mass is 9.94. The highest BCUT2D eigenvalue weighted by Gasteiger charge is 2.23. The Morgan fingerprint density at radius 3 is 2.83 bits per heavy atom. The van der Waals surface area contributed by atoms with Crippen LogP contribution < -0.4 is 0 Å². The van der Waals surface area contributed by atoms with Gasteiger partial charge in [0.05, 0.1) is 17.0 Å². The molecule has 1 aliphatic rings. The molecule has 0 unspecified atom stereocenters. The van der Waals surface area contributed by atoms with E-state index in [0.717, 1.165) is 67.2 Å². The standard InChI is InChI=1S/C21H26N6O2/c1-14-20(15(2)29-25-14)19-12-17(22-13-23-19)11-16-5-4-8-27(10-6-16)21(28)18-7-9-26(3)24-18/h7,9,12-13,16H,4-6,8,10-11H2,1-3H3/t16-/m1/s1. The van der Waals surface area contributed by atoms with E-state index in [1.165, 1.54) is 0 Å². The molecule has 0 aromatic carbocycles. The summed E-state index contributed by atoms with van der Waals surface area (Å²) in [5.74, 6) is 1.28. The molecule has 1 saturated heterocycles. The van der Waals surface area contributed by atoms with Crippen LogP contribution in [0.25, 0.3) is 11.3 Å². The highest BCUT2D eigenvalue weighted by molar-refractivity contribution is 5.92. The van der Waals surface area contributed by atoms with Gasteiger partial charge in [-0.3, -0.25) is 9.48 Å². The Labute approximate surface area is 169 Å². The fraction of sp³-hybridized carbons (Fsp3) is 0.476. The van der Waals surface area contributed by atoms with Crippen molar-refractivity contribution in [1.29, 1.82) is 0 Å². The average molecular weight is 394 g/mol. The largest absolute Gasteiger partial charge is 0.361 e. The highest BCUT2D eigenvalue weighted by Crippen LogP contribution is 2.27. The molecule has 0 spiro atoms. The van der Waals surface area contributed by atoms with Crippen LogP contribution in [0.3, 0.4) is 0 Å². The van der Waals surface area contributed by atoms with Crippen LogP contribution in [0.2, 0.25) is 0 Å². The first kappa shape index (κ1) is 19.3. The normalized spacial score (nSPS) is 17.3. The third-order valence-corrected chi connectivity index (χ3v) is 5.58. The van der Waals surface area contributed by atoms with E-state index in [4.69, 9.17) is 4.52 Å². The van der Waals surface area contributed by atoms with Crippen molar-refractivity contribution < 1.29 is 9.32 Å². The van der Waals surface area contributed by atoms with Crippen LogP contribution in [0, 0.1) is 19.8 Å². The van der Waals surface area contributed by atoms with Crippen molar-refractivity contribution in [2.45, 2.75) is 39.5 Å². The van der Waals surface area contributed by atoms with Crippen LogP contribution in [0.15, 0.2) is 29.2 Å². The van der Waals surface area contributed by atoms with Gasteiger partial charge in [-0.05, 0) is 57.6 Å². The number of hydrogen-bond acceptors (Lipinski definition) is 6. The summed E-state index contributed by atoms with van der Waals surface area (Å²) in [5.41, 5.74) is 4.18. The summed E-state index contributed by atoms with van der Waals surface area (Å²) in [6, 6.07) is 3.82. The summed E-state index contributed by atoms with van der Waals surface area (Å²) in [7, 11) is 1.83. The van der Waals surface area contributed by atoms with E-state index < -0.39 is 0 Å². The number of amides is 1. The van der Waals surface area contributed by atoms with Crippen LogP contribution in [0.1, 0.15) is 46.9 Å². The number of hydrogen-bond donors (Lipinski definition) is 0. The van der Waals surface area contributed by atoms with Gasteiger partial charge in [0.1, 0.15) is 17.8 Å². The third-order valence-electron chi connectivity index (χ3n) is 5.58. The molecule has 4 heterocycles. The molecule has 1 fully saturated rings. The van der Waals surface area contributed by atoms with E-state index in [1.54, 1.807) is 23.3 Å². The molecule has 8 nitrogen and oxygen atoms in total. The van der Waals surface area contributed by atoms with Gasteiger partial charge in [0.25, 0.3) is 5.91 Å². The van der Waals surface area contributed by atoms with Crippen LogP contribution in [0.5, 0.6) is 0 Å². The van der Waals surface area contributed by atoms with E-state index in [1.807, 2.05) is 31.9 Å². The fourth-order valence-corrected chi connectivity index (χ4v) is 4.05. The van der Waals surface area contributed by atoms with Gasteiger partial charge in [-0.15, -0.1) is 0 Å². The predicted octanol–water partition coefficient (Wildman–Crippen LogP) is 2.97. The number of aromatic nitrogens is 5. The number of carbonyl (C=O) groups is 1. The monoisotopic (exact) mass is 394 g/mol. The molecule has 1 aliphatic heterocycles. The van der Waals surface area contributed by atoms with Crippen LogP contribution in [0.4, 0.5) is 0 Å². The second-order valence-corrected chi connectivity index (χ2v) is 7.76. The van der Waals surface area contributed by atoms with E-state index in [0.29, 0.717) is 11.6 Å². The summed E-state index contributed by atoms with van der Waals surface area (Å²) in [6.45, 7) is 5.35. The van der Waals surface area contributed by atoms with Crippen LogP contribution in [-0.2, 0) is 13.5 Å². The Hall–Kier alpha value is -3.03. The molecule has 152 valence electrons. The number of nitrogens with zero attached hydrogens (tertiary/aromatic N) is 6. The van der Waals surface area contributed by atoms with E-state index in [-0.39, 0.29) is 5.91 Å². The number of rotatable bonds is 4. The smallest absolute Gasteiger partial charge is 0.274 e. The maximum absolute atomic E-state index is 12.7. The Balaban J connectivity index is 1.42. The van der Waals surface area contributed by atoms with Gasteiger partial charge in [-0.1, -0.05) is 5.16 Å². The van der Waals surface area contributed by atoms with Gasteiger partial charge < -0.3 is 9.42 Å². The molecule has 0 aliphatic carbocycles. The summed E-state index contributed by atoms with van der Waals surface area (Å²) in [4.78, 5) is 23.5. The van der Waals surface area contributed by atoms with Gasteiger partial charge in [0, 0.05) is 32.0 Å². The molecule has 1 atom stereocenters. The Kier molecular flexibility index (Phi) is 5.42. The van der Waals surface area contributed by atoms with Crippen molar-refractivity contribution in [2.24, 2.45) is 13.0 Å². The first-order valence-electron chi connectivity index (χ1n) is 10.0. The molecular formula is C21H26N6O2. The lowest BCUT2D eigenvalue weighted by Crippen LogP contribution is -2.32. The minimum absolute atomic E-state index is 0.0222. The second-order valence-electron chi connectivity index (χ2n) is 7.76. The molecular weight excluding hydrogens is 368 g/mol. The molecule has 0 radical (unpaired) electrons. The van der Waals surface area contributed by atoms with Gasteiger partial charge in [-0.2, -0.15) is 5.10 Å². The molecule has 0 bridgehead atoms. The molecule has 0 saturated carbocycles. The SMILES string of the molecule is Cc1noc(C)c1-c1cc(C[C@@H]2CCCN(C(=O)c3ccn(C)n3)CC2)ncn1. The van der Waals surface area contributed by atoms with Crippen LogP contribution >= 0.6 is 0 Å². The van der Waals surface area contributed by atoms with Crippen molar-refractivity contribution in [2.75, 3.05) is 13.1 Å². The Morgan fingerprint density at radius 2 is 2.10 bits per heavy atom. The lowest BCUT2D eigenvalue weighted by molar-refractivity contribution is 0.0753. The van der Waals surface area contributed by atoms with Gasteiger partial charge in [0.2, 0.25) is 0 Å². The second kappa shape index (κ2) is 8.14. The van der Waals surface area contributed by atoms with Gasteiger partial charge >= 0.3 is 0 Å². The quantitative estimate of drug-likeness (QED) is 0.676. The highest BCUT2D eigenvalue weighted by atomic mass is 16.5. The molecule has 8 heteroatoms. The van der Waals surface area contributed by atoms with E-state index >= 15 is 0 Å². The minimum atomic E-state index is 0.0222. The molecule has 3 aromatic rings. The number of likely N-dealkylation sites (tertiary alicyclic amines) is 1. The van der Waals surface area contributed by atoms with Crippen molar-refractivity contribution in [3.63, 3.8) is 0 Å². The minimum Gasteiger partial charge on any atom is -0.361 e. The topological polar surface area (TPSA) is 89.9 Å². The van der Waals surface area contributed by atoms with Crippen LogP contribution in [-0.4, -0.2) is 48.8 Å². The first-order chi connectivity index (χ1) is 14.0. The summed E-state index contributed by atoms with van der Waals surface area (Å²) in [5, 5.41) is 8.27. The molecule has 1 amide bonds. The van der Waals surface area contributed by atoms with Gasteiger partial charge in [0.15, 0.2) is 0 Å². The van der Waals surface area contributed by atoms with E-state index in [9.17, 15) is 4.79 Å². The molecule has 3 aromatic heterocycles. The van der Waals surface area contributed by atoms with Crippen molar-refractivity contribution >= 4 is 5.91 Å². The lowest BCUT2D eigenvalue weighted by Gasteiger charge is -2.19. The Bertz CT molecular complexity index is 989. The summed E-state index contributed by atoms with van der Waals surface area (Å²) >= 11 is 0. The summed E-state index contributed by atoms with van der Waals surface area (Å²) in [6.07, 6.45) is 7.33. The zero-order chi connectivity index (χ0) is 20.4. The zero-order valence-corrected chi connectivity index (χ0v) is 17.1. The third kappa shape index (κ3) is 4.21. The van der Waals surface area contributed by atoms with Crippen molar-refractivity contribution in [1.82, 2.24) is 29.8 Å². The van der Waals surface area contributed by atoms with Gasteiger partial charge in [-0.25, -0.2) is 9.97 Å². The maximum Gasteiger partial charge on any atom is 0.274 e. The molecule has 29 heavy (non-hydrogen) atoms.